The first kappa shape index (κ1) is 14.3. The Bertz CT molecular complexity index is 283. The normalized spacial score (nSPS) is 33.4. The molecule has 18 heavy (non-hydrogen) atoms. The maximum atomic E-state index is 12.6. The van der Waals surface area contributed by atoms with Gasteiger partial charge < -0.3 is 9.64 Å². The number of rotatable bonds is 3. The zero-order chi connectivity index (χ0) is 13.0. The number of ether oxygens (including phenoxy) is 1. The standard InChI is InChI=1S/C14H24BrNO2/c1-11-10-18-8-5-13(11)14(17)16-7-2-3-12(9-16)4-6-15/h11-13H,2-10H2,1H3. The molecule has 2 fully saturated rings. The molecule has 104 valence electrons. The van der Waals surface area contributed by atoms with E-state index in [2.05, 4.69) is 27.8 Å². The van der Waals surface area contributed by atoms with Crippen molar-refractivity contribution in [2.24, 2.45) is 17.8 Å². The summed E-state index contributed by atoms with van der Waals surface area (Å²) < 4.78 is 5.43. The van der Waals surface area contributed by atoms with Crippen LogP contribution in [-0.4, -0.2) is 42.4 Å². The summed E-state index contributed by atoms with van der Waals surface area (Å²) in [6, 6.07) is 0. The minimum absolute atomic E-state index is 0.196. The van der Waals surface area contributed by atoms with E-state index in [9.17, 15) is 4.79 Å². The molecular weight excluding hydrogens is 294 g/mol. The molecule has 2 rings (SSSR count). The van der Waals surface area contributed by atoms with Gasteiger partial charge in [-0.15, -0.1) is 0 Å². The molecule has 0 aliphatic carbocycles. The van der Waals surface area contributed by atoms with Crippen LogP contribution in [0.5, 0.6) is 0 Å². The van der Waals surface area contributed by atoms with Crippen molar-refractivity contribution >= 4 is 21.8 Å². The Morgan fingerprint density at radius 2 is 2.28 bits per heavy atom. The number of amides is 1. The summed E-state index contributed by atoms with van der Waals surface area (Å²) in [5.74, 6) is 1.64. The van der Waals surface area contributed by atoms with Gasteiger partial charge in [0.05, 0.1) is 0 Å². The Morgan fingerprint density at radius 3 is 3.00 bits per heavy atom. The van der Waals surface area contributed by atoms with Crippen molar-refractivity contribution in [3.05, 3.63) is 0 Å². The van der Waals surface area contributed by atoms with Crippen molar-refractivity contribution in [2.45, 2.75) is 32.6 Å². The summed E-state index contributed by atoms with van der Waals surface area (Å²) in [5, 5.41) is 1.05. The summed E-state index contributed by atoms with van der Waals surface area (Å²) in [5.41, 5.74) is 0. The molecule has 0 N–H and O–H groups in total. The molecule has 0 aromatic rings. The summed E-state index contributed by atoms with van der Waals surface area (Å²) in [4.78, 5) is 14.7. The second-order valence-corrected chi connectivity index (χ2v) is 6.51. The number of carbonyl (C=O) groups is 1. The molecule has 0 aromatic carbocycles. The Labute approximate surface area is 118 Å². The van der Waals surface area contributed by atoms with E-state index in [1.165, 1.54) is 19.3 Å². The molecule has 3 unspecified atom stereocenters. The lowest BCUT2D eigenvalue weighted by Crippen LogP contribution is -2.46. The molecule has 2 heterocycles. The number of alkyl halides is 1. The fraction of sp³-hybridized carbons (Fsp3) is 0.929. The highest BCUT2D eigenvalue weighted by molar-refractivity contribution is 9.09. The van der Waals surface area contributed by atoms with Crippen molar-refractivity contribution in [2.75, 3.05) is 31.6 Å². The van der Waals surface area contributed by atoms with E-state index in [-0.39, 0.29) is 5.92 Å². The molecule has 0 spiro atoms. The lowest BCUT2D eigenvalue weighted by atomic mass is 9.87. The Hall–Kier alpha value is -0.0900. The van der Waals surface area contributed by atoms with Gasteiger partial charge in [0.2, 0.25) is 5.91 Å². The van der Waals surface area contributed by atoms with Gasteiger partial charge in [0, 0.05) is 37.6 Å². The second kappa shape index (κ2) is 6.90. The van der Waals surface area contributed by atoms with E-state index in [1.807, 2.05) is 0 Å². The first-order valence-electron chi connectivity index (χ1n) is 7.15. The van der Waals surface area contributed by atoms with E-state index in [4.69, 9.17) is 4.74 Å². The van der Waals surface area contributed by atoms with Crippen LogP contribution in [0.3, 0.4) is 0 Å². The van der Waals surface area contributed by atoms with E-state index in [0.29, 0.717) is 17.7 Å². The molecule has 2 aliphatic rings. The van der Waals surface area contributed by atoms with Crippen LogP contribution in [-0.2, 0) is 9.53 Å². The lowest BCUT2D eigenvalue weighted by molar-refractivity contribution is -0.143. The number of halogens is 1. The van der Waals surface area contributed by atoms with E-state index in [0.717, 1.165) is 38.1 Å². The SMILES string of the molecule is CC1COCCC1C(=O)N1CCCC(CCBr)C1. The third-order valence-electron chi connectivity index (χ3n) is 4.31. The van der Waals surface area contributed by atoms with Gasteiger partial charge in [-0.25, -0.2) is 0 Å². The fourth-order valence-corrected chi connectivity index (χ4v) is 3.78. The number of hydrogen-bond acceptors (Lipinski definition) is 2. The second-order valence-electron chi connectivity index (χ2n) is 5.72. The quantitative estimate of drug-likeness (QED) is 0.749. The zero-order valence-corrected chi connectivity index (χ0v) is 12.8. The maximum Gasteiger partial charge on any atom is 0.226 e. The van der Waals surface area contributed by atoms with Crippen LogP contribution in [0.25, 0.3) is 0 Å². The molecule has 3 atom stereocenters. The van der Waals surface area contributed by atoms with Gasteiger partial charge in [0.25, 0.3) is 0 Å². The monoisotopic (exact) mass is 317 g/mol. The first-order chi connectivity index (χ1) is 8.72. The van der Waals surface area contributed by atoms with Crippen LogP contribution >= 0.6 is 15.9 Å². The van der Waals surface area contributed by atoms with Crippen LogP contribution in [0.15, 0.2) is 0 Å². The van der Waals surface area contributed by atoms with Crippen LogP contribution in [0, 0.1) is 17.8 Å². The Morgan fingerprint density at radius 1 is 1.44 bits per heavy atom. The van der Waals surface area contributed by atoms with Crippen molar-refractivity contribution in [3.63, 3.8) is 0 Å². The van der Waals surface area contributed by atoms with Gasteiger partial charge in [-0.2, -0.15) is 0 Å². The van der Waals surface area contributed by atoms with Gasteiger partial charge in [0.15, 0.2) is 0 Å². The smallest absolute Gasteiger partial charge is 0.226 e. The predicted molar refractivity (Wildman–Crippen MR) is 75.8 cm³/mol. The summed E-state index contributed by atoms with van der Waals surface area (Å²) >= 11 is 3.51. The van der Waals surface area contributed by atoms with E-state index in [1.54, 1.807) is 0 Å². The minimum Gasteiger partial charge on any atom is -0.381 e. The predicted octanol–water partition coefficient (Wildman–Crippen LogP) is 2.68. The Kier molecular flexibility index (Phi) is 5.49. The number of hydrogen-bond donors (Lipinski definition) is 0. The topological polar surface area (TPSA) is 29.5 Å². The molecule has 0 bridgehead atoms. The molecule has 0 aromatic heterocycles. The number of piperidine rings is 1. The Balaban J connectivity index is 1.91. The third-order valence-corrected chi connectivity index (χ3v) is 4.76. The summed E-state index contributed by atoms with van der Waals surface area (Å²) in [7, 11) is 0. The summed E-state index contributed by atoms with van der Waals surface area (Å²) in [6.07, 6.45) is 4.53. The van der Waals surface area contributed by atoms with Crippen LogP contribution in [0.2, 0.25) is 0 Å². The molecule has 0 saturated carbocycles. The largest absolute Gasteiger partial charge is 0.381 e. The molecule has 2 saturated heterocycles. The van der Waals surface area contributed by atoms with Crippen LogP contribution in [0.4, 0.5) is 0 Å². The highest BCUT2D eigenvalue weighted by atomic mass is 79.9. The van der Waals surface area contributed by atoms with Crippen molar-refractivity contribution < 1.29 is 9.53 Å². The average Bonchev–Trinajstić information content (AvgIpc) is 2.39. The van der Waals surface area contributed by atoms with Crippen molar-refractivity contribution in [3.8, 4) is 0 Å². The van der Waals surface area contributed by atoms with Gasteiger partial charge in [-0.05, 0) is 37.5 Å². The van der Waals surface area contributed by atoms with Gasteiger partial charge in [-0.1, -0.05) is 22.9 Å². The molecule has 2 aliphatic heterocycles. The van der Waals surface area contributed by atoms with Gasteiger partial charge in [-0.3, -0.25) is 4.79 Å². The minimum atomic E-state index is 0.196. The molecule has 1 amide bonds. The van der Waals surface area contributed by atoms with Gasteiger partial charge in [0.1, 0.15) is 0 Å². The molecule has 3 nitrogen and oxygen atoms in total. The fourth-order valence-electron chi connectivity index (χ4n) is 3.14. The van der Waals surface area contributed by atoms with Crippen LogP contribution < -0.4 is 0 Å². The summed E-state index contributed by atoms with van der Waals surface area (Å²) in [6.45, 7) is 5.56. The van der Waals surface area contributed by atoms with Crippen molar-refractivity contribution in [1.82, 2.24) is 4.90 Å². The average molecular weight is 318 g/mol. The van der Waals surface area contributed by atoms with Crippen LogP contribution in [0.1, 0.15) is 32.6 Å². The number of likely N-dealkylation sites (tertiary alicyclic amines) is 1. The highest BCUT2D eigenvalue weighted by Gasteiger charge is 2.33. The molecule has 0 radical (unpaired) electrons. The first-order valence-corrected chi connectivity index (χ1v) is 8.27. The maximum absolute atomic E-state index is 12.6. The van der Waals surface area contributed by atoms with Gasteiger partial charge >= 0.3 is 0 Å². The molecule has 4 heteroatoms. The number of nitrogens with zero attached hydrogens (tertiary/aromatic N) is 1. The third kappa shape index (κ3) is 3.47. The highest BCUT2D eigenvalue weighted by Crippen LogP contribution is 2.27. The molecular formula is C14H24BrNO2. The van der Waals surface area contributed by atoms with Crippen molar-refractivity contribution in [1.29, 1.82) is 0 Å². The lowest BCUT2D eigenvalue weighted by Gasteiger charge is -2.37. The zero-order valence-electron chi connectivity index (χ0n) is 11.2. The van der Waals surface area contributed by atoms with E-state index < -0.39 is 0 Å². The number of carbonyl (C=O) groups excluding carboxylic acids is 1. The van der Waals surface area contributed by atoms with E-state index >= 15 is 0 Å².